The molecule has 1 fully saturated rings. The van der Waals surface area contributed by atoms with Crippen molar-refractivity contribution >= 4 is 0 Å². The van der Waals surface area contributed by atoms with Gasteiger partial charge < -0.3 is 0 Å². The van der Waals surface area contributed by atoms with Crippen molar-refractivity contribution in [3.05, 3.63) is 47.5 Å². The van der Waals surface area contributed by atoms with Gasteiger partial charge in [0.15, 0.2) is 0 Å². The van der Waals surface area contributed by atoms with Gasteiger partial charge in [0.2, 0.25) is 0 Å². The van der Waals surface area contributed by atoms with Gasteiger partial charge in [-0.15, -0.1) is 0 Å². The normalized spacial score (nSPS) is 18.3. The molecule has 1 aromatic carbocycles. The van der Waals surface area contributed by atoms with Gasteiger partial charge in [0.1, 0.15) is 5.82 Å². The highest BCUT2D eigenvalue weighted by atomic mass is 14.9. The molecule has 1 saturated carbocycles. The molecule has 0 saturated heterocycles. The Balaban J connectivity index is 1.39. The minimum absolute atomic E-state index is 0.560. The van der Waals surface area contributed by atoms with Crippen LogP contribution in [-0.4, -0.2) is 9.97 Å². The average molecular weight is 463 g/mol. The third-order valence-electron chi connectivity index (χ3n) is 7.99. The molecule has 0 spiro atoms. The number of nitrogens with zero attached hydrogens (tertiary/aromatic N) is 2. The van der Waals surface area contributed by atoms with Crippen LogP contribution in [0.3, 0.4) is 0 Å². The minimum Gasteiger partial charge on any atom is -0.240 e. The molecule has 0 unspecified atom stereocenters. The van der Waals surface area contributed by atoms with E-state index < -0.39 is 0 Å². The van der Waals surface area contributed by atoms with Gasteiger partial charge in [0.25, 0.3) is 0 Å². The zero-order valence-electron chi connectivity index (χ0n) is 22.5. The van der Waals surface area contributed by atoms with Crippen LogP contribution < -0.4 is 0 Å². The summed E-state index contributed by atoms with van der Waals surface area (Å²) in [6.07, 6.45) is 25.2. The van der Waals surface area contributed by atoms with Crippen molar-refractivity contribution in [1.82, 2.24) is 9.97 Å². The third kappa shape index (κ3) is 8.82. The predicted molar refractivity (Wildman–Crippen MR) is 147 cm³/mol. The fourth-order valence-electron chi connectivity index (χ4n) is 5.75. The van der Waals surface area contributed by atoms with E-state index in [2.05, 4.69) is 51.2 Å². The maximum Gasteiger partial charge on any atom is 0.131 e. The molecule has 2 heteroatoms. The van der Waals surface area contributed by atoms with Crippen LogP contribution in [0.4, 0.5) is 0 Å². The molecular weight excluding hydrogens is 412 g/mol. The van der Waals surface area contributed by atoms with Gasteiger partial charge in [0, 0.05) is 23.4 Å². The number of benzene rings is 1. The molecule has 0 N–H and O–H groups in total. The molecule has 34 heavy (non-hydrogen) atoms. The monoisotopic (exact) mass is 462 g/mol. The predicted octanol–water partition coefficient (Wildman–Crippen LogP) is 9.99. The van der Waals surface area contributed by atoms with Crippen molar-refractivity contribution in [3.8, 4) is 11.1 Å². The lowest BCUT2D eigenvalue weighted by molar-refractivity contribution is 0.302. The Hall–Kier alpha value is -1.70. The lowest BCUT2D eigenvalue weighted by Crippen LogP contribution is -2.15. The van der Waals surface area contributed by atoms with Gasteiger partial charge in [-0.3, -0.25) is 0 Å². The number of hydrogen-bond acceptors (Lipinski definition) is 2. The summed E-state index contributed by atoms with van der Waals surface area (Å²) in [6.45, 7) is 6.75. The Labute approximate surface area is 210 Å². The summed E-state index contributed by atoms with van der Waals surface area (Å²) in [5.74, 6) is 2.57. The minimum atomic E-state index is 0.560. The van der Waals surface area contributed by atoms with Gasteiger partial charge >= 0.3 is 0 Å². The molecule has 0 aliphatic heterocycles. The summed E-state index contributed by atoms with van der Waals surface area (Å²) in [5, 5.41) is 0. The van der Waals surface area contributed by atoms with Crippen LogP contribution in [0.2, 0.25) is 0 Å². The smallest absolute Gasteiger partial charge is 0.131 e. The van der Waals surface area contributed by atoms with E-state index in [1.807, 2.05) is 0 Å². The van der Waals surface area contributed by atoms with Gasteiger partial charge in [-0.05, 0) is 62.5 Å². The quantitative estimate of drug-likeness (QED) is 0.246. The van der Waals surface area contributed by atoms with Gasteiger partial charge in [0.05, 0.1) is 0 Å². The van der Waals surface area contributed by atoms with E-state index in [4.69, 9.17) is 9.97 Å². The van der Waals surface area contributed by atoms with Crippen molar-refractivity contribution in [1.29, 1.82) is 0 Å². The Morgan fingerprint density at radius 3 is 1.94 bits per heavy atom. The van der Waals surface area contributed by atoms with E-state index in [-0.39, 0.29) is 0 Å². The molecule has 1 aliphatic rings. The van der Waals surface area contributed by atoms with Gasteiger partial charge in [-0.2, -0.15) is 0 Å². The Bertz CT molecular complexity index is 802. The van der Waals surface area contributed by atoms with Crippen LogP contribution in [0.25, 0.3) is 11.1 Å². The van der Waals surface area contributed by atoms with Crippen LogP contribution in [0.1, 0.15) is 140 Å². The fourth-order valence-corrected chi connectivity index (χ4v) is 5.75. The molecular formula is C32H50N2. The summed E-state index contributed by atoms with van der Waals surface area (Å²) in [5.41, 5.74) is 5.03. The van der Waals surface area contributed by atoms with E-state index in [1.165, 1.54) is 126 Å². The second-order valence-electron chi connectivity index (χ2n) is 10.9. The molecule has 3 rings (SSSR count). The number of aryl methyl sites for hydroxylation is 2. The van der Waals surface area contributed by atoms with Crippen molar-refractivity contribution < 1.29 is 0 Å². The average Bonchev–Trinajstić information content (AvgIpc) is 2.86. The lowest BCUT2D eigenvalue weighted by atomic mass is 9.79. The Morgan fingerprint density at radius 2 is 1.35 bits per heavy atom. The molecule has 0 radical (unpaired) electrons. The first-order chi connectivity index (χ1) is 16.7. The van der Waals surface area contributed by atoms with Crippen molar-refractivity contribution in [2.24, 2.45) is 5.92 Å². The van der Waals surface area contributed by atoms with Crippen molar-refractivity contribution in [2.45, 2.75) is 136 Å². The zero-order valence-corrected chi connectivity index (χ0v) is 22.5. The first-order valence-corrected chi connectivity index (χ1v) is 14.6. The van der Waals surface area contributed by atoms with Crippen LogP contribution in [0.15, 0.2) is 30.5 Å². The topological polar surface area (TPSA) is 25.8 Å². The van der Waals surface area contributed by atoms with E-state index in [9.17, 15) is 0 Å². The number of aromatic nitrogens is 2. The summed E-state index contributed by atoms with van der Waals surface area (Å²) in [7, 11) is 0. The maximum absolute atomic E-state index is 4.96. The van der Waals surface area contributed by atoms with E-state index >= 15 is 0 Å². The van der Waals surface area contributed by atoms with Crippen LogP contribution in [0, 0.1) is 12.8 Å². The first kappa shape index (κ1) is 26.9. The van der Waals surface area contributed by atoms with Crippen LogP contribution in [-0.2, 0) is 6.42 Å². The third-order valence-corrected chi connectivity index (χ3v) is 7.99. The van der Waals surface area contributed by atoms with Crippen molar-refractivity contribution in [2.75, 3.05) is 0 Å². The highest BCUT2D eigenvalue weighted by Crippen LogP contribution is 2.36. The van der Waals surface area contributed by atoms with Crippen molar-refractivity contribution in [3.63, 3.8) is 0 Å². The molecule has 0 bridgehead atoms. The molecule has 188 valence electrons. The highest BCUT2D eigenvalue weighted by molar-refractivity contribution is 5.65. The number of rotatable bonds is 15. The second-order valence-corrected chi connectivity index (χ2v) is 10.9. The molecule has 1 aromatic heterocycles. The summed E-state index contributed by atoms with van der Waals surface area (Å²) < 4.78 is 0. The summed E-state index contributed by atoms with van der Waals surface area (Å²) in [6, 6.07) is 9.16. The van der Waals surface area contributed by atoms with E-state index in [1.54, 1.807) is 0 Å². The standard InChI is InChI=1S/C32H50N2/c1-4-6-7-8-9-10-11-12-13-14-16-28-17-21-29(22-18-28)31-25-33-32(34-26(31)3)30-23-19-27(15-5-2)20-24-30/h17-18,21-22,25,27,30H,4-16,19-20,23-24H2,1-3H3. The fraction of sp³-hybridized carbons (Fsp3) is 0.688. The SMILES string of the molecule is CCCCCCCCCCCCc1ccc(-c2cnc(C3CCC(CCC)CC3)nc2C)cc1. The highest BCUT2D eigenvalue weighted by Gasteiger charge is 2.24. The first-order valence-electron chi connectivity index (χ1n) is 14.6. The summed E-state index contributed by atoms with van der Waals surface area (Å²) in [4.78, 5) is 9.79. The molecule has 2 nitrogen and oxygen atoms in total. The van der Waals surface area contributed by atoms with Gasteiger partial charge in [-0.1, -0.05) is 109 Å². The molecule has 0 amide bonds. The second kappa shape index (κ2) is 15.3. The van der Waals surface area contributed by atoms with Crippen LogP contribution in [0.5, 0.6) is 0 Å². The molecule has 2 aromatic rings. The molecule has 1 aliphatic carbocycles. The molecule has 0 atom stereocenters. The van der Waals surface area contributed by atoms with Gasteiger partial charge in [-0.25, -0.2) is 9.97 Å². The molecule has 1 heterocycles. The maximum atomic E-state index is 4.96. The number of unbranched alkanes of at least 4 members (excludes halogenated alkanes) is 9. The Morgan fingerprint density at radius 1 is 0.735 bits per heavy atom. The number of hydrogen-bond donors (Lipinski definition) is 0. The zero-order chi connectivity index (χ0) is 24.0. The largest absolute Gasteiger partial charge is 0.240 e. The van der Waals surface area contributed by atoms with Crippen LogP contribution >= 0.6 is 0 Å². The van der Waals surface area contributed by atoms with E-state index in [0.717, 1.165) is 17.4 Å². The summed E-state index contributed by atoms with van der Waals surface area (Å²) >= 11 is 0. The van der Waals surface area contributed by atoms with E-state index in [0.29, 0.717) is 5.92 Å². The Kier molecular flexibility index (Phi) is 12.1. The lowest BCUT2D eigenvalue weighted by Gasteiger charge is -2.27.